The van der Waals surface area contributed by atoms with Crippen LogP contribution in [0.5, 0.6) is 0 Å². The highest BCUT2D eigenvalue weighted by Crippen LogP contribution is 2.31. The van der Waals surface area contributed by atoms with Crippen LogP contribution in [0.3, 0.4) is 0 Å². The van der Waals surface area contributed by atoms with Crippen molar-refractivity contribution in [2.75, 3.05) is 32.9 Å². The summed E-state index contributed by atoms with van der Waals surface area (Å²) in [7, 11) is 0. The zero-order chi connectivity index (χ0) is 11.8. The first-order valence-electron chi connectivity index (χ1n) is 5.75. The molecule has 92 valence electrons. The van der Waals surface area contributed by atoms with E-state index in [4.69, 9.17) is 14.2 Å². The van der Waals surface area contributed by atoms with Gasteiger partial charge in [-0.3, -0.25) is 0 Å². The van der Waals surface area contributed by atoms with Crippen molar-refractivity contribution in [3.05, 3.63) is 12.5 Å². The van der Waals surface area contributed by atoms with Gasteiger partial charge in [0.05, 0.1) is 26.4 Å². The van der Waals surface area contributed by atoms with Crippen molar-refractivity contribution in [3.63, 3.8) is 0 Å². The topological polar surface area (TPSA) is 34.2 Å². The molecule has 1 unspecified atom stereocenters. The highest BCUT2D eigenvalue weighted by atomic mass is 16.6. The lowest BCUT2D eigenvalue weighted by Gasteiger charge is -2.31. The highest BCUT2D eigenvalue weighted by molar-refractivity contribution is 5.01. The fourth-order valence-corrected chi connectivity index (χ4v) is 1.81. The van der Waals surface area contributed by atoms with Gasteiger partial charge in [-0.05, 0) is 27.4 Å². The molecule has 1 atom stereocenters. The van der Waals surface area contributed by atoms with Crippen molar-refractivity contribution in [1.82, 2.24) is 4.90 Å². The smallest absolute Gasteiger partial charge is 0.182 e. The van der Waals surface area contributed by atoms with E-state index in [9.17, 15) is 0 Å². The average Bonchev–Trinajstić information content (AvgIpc) is 2.91. The Morgan fingerprint density at radius 3 is 2.62 bits per heavy atom. The number of ether oxygens (including phenoxy) is 3. The van der Waals surface area contributed by atoms with Gasteiger partial charge in [-0.1, -0.05) is 0 Å². The lowest BCUT2D eigenvalue weighted by atomic mass is 10.1. The van der Waals surface area contributed by atoms with E-state index in [1.807, 2.05) is 20.8 Å². The standard InChI is InChI=1S/C12H21NO3/c1-10(16-11(2,3)4)13-5-6-14-8-12(7-13)9-15-12/h1,5-9H2,2-4H3. The third kappa shape index (κ3) is 2.89. The molecule has 0 saturated carbocycles. The van der Waals surface area contributed by atoms with Crippen LogP contribution in [0.1, 0.15) is 20.8 Å². The fourth-order valence-electron chi connectivity index (χ4n) is 1.81. The van der Waals surface area contributed by atoms with Crippen LogP contribution in [-0.2, 0) is 14.2 Å². The number of hydrogen-bond acceptors (Lipinski definition) is 4. The normalized spacial score (nSPS) is 30.1. The maximum atomic E-state index is 5.77. The SMILES string of the molecule is C=C(OC(C)(C)C)N1CCOCC2(CO2)C1. The van der Waals surface area contributed by atoms with Gasteiger partial charge < -0.3 is 19.1 Å². The van der Waals surface area contributed by atoms with Gasteiger partial charge in [0.2, 0.25) is 0 Å². The van der Waals surface area contributed by atoms with Gasteiger partial charge in [0.1, 0.15) is 11.2 Å². The van der Waals surface area contributed by atoms with E-state index in [1.165, 1.54) is 0 Å². The molecule has 0 aromatic heterocycles. The van der Waals surface area contributed by atoms with Crippen molar-refractivity contribution in [3.8, 4) is 0 Å². The molecule has 2 fully saturated rings. The van der Waals surface area contributed by atoms with Crippen molar-refractivity contribution in [2.45, 2.75) is 32.0 Å². The van der Waals surface area contributed by atoms with E-state index in [1.54, 1.807) is 0 Å². The Morgan fingerprint density at radius 1 is 1.38 bits per heavy atom. The molecule has 2 saturated heterocycles. The molecule has 0 aliphatic carbocycles. The molecular weight excluding hydrogens is 206 g/mol. The van der Waals surface area contributed by atoms with Gasteiger partial charge >= 0.3 is 0 Å². The molecule has 0 aromatic rings. The molecule has 4 nitrogen and oxygen atoms in total. The van der Waals surface area contributed by atoms with Gasteiger partial charge in [-0.2, -0.15) is 0 Å². The second-order valence-electron chi connectivity index (χ2n) is 5.55. The molecule has 0 aromatic carbocycles. The van der Waals surface area contributed by atoms with Crippen LogP contribution < -0.4 is 0 Å². The van der Waals surface area contributed by atoms with Gasteiger partial charge in [-0.25, -0.2) is 0 Å². The molecule has 2 heterocycles. The van der Waals surface area contributed by atoms with Crippen LogP contribution in [0.25, 0.3) is 0 Å². The molecule has 2 rings (SSSR count). The first-order chi connectivity index (χ1) is 7.40. The van der Waals surface area contributed by atoms with Crippen LogP contribution in [0.15, 0.2) is 12.5 Å². The Bertz CT molecular complexity index is 278. The van der Waals surface area contributed by atoms with Crippen molar-refractivity contribution in [1.29, 1.82) is 0 Å². The van der Waals surface area contributed by atoms with Gasteiger partial charge in [-0.15, -0.1) is 0 Å². The first kappa shape index (κ1) is 11.7. The zero-order valence-electron chi connectivity index (χ0n) is 10.4. The third-order valence-electron chi connectivity index (χ3n) is 2.68. The van der Waals surface area contributed by atoms with Gasteiger partial charge in [0, 0.05) is 6.54 Å². The van der Waals surface area contributed by atoms with Crippen molar-refractivity contribution in [2.24, 2.45) is 0 Å². The summed E-state index contributed by atoms with van der Waals surface area (Å²) < 4.78 is 16.8. The van der Waals surface area contributed by atoms with E-state index in [0.717, 1.165) is 19.7 Å². The maximum Gasteiger partial charge on any atom is 0.182 e. The van der Waals surface area contributed by atoms with Crippen LogP contribution >= 0.6 is 0 Å². The summed E-state index contributed by atoms with van der Waals surface area (Å²) in [6, 6.07) is 0. The molecule has 2 aliphatic rings. The second kappa shape index (κ2) is 3.93. The largest absolute Gasteiger partial charge is 0.474 e. The summed E-state index contributed by atoms with van der Waals surface area (Å²) in [5.74, 6) is 0.716. The molecule has 1 spiro atoms. The lowest BCUT2D eigenvalue weighted by Crippen LogP contribution is -2.37. The maximum absolute atomic E-state index is 5.77. The van der Waals surface area contributed by atoms with Crippen molar-refractivity contribution >= 4 is 0 Å². The predicted octanol–water partition coefficient (Wildman–Crippen LogP) is 1.37. The van der Waals surface area contributed by atoms with E-state index >= 15 is 0 Å². The summed E-state index contributed by atoms with van der Waals surface area (Å²) in [5, 5.41) is 0. The summed E-state index contributed by atoms with van der Waals surface area (Å²) >= 11 is 0. The molecule has 0 amide bonds. The van der Waals surface area contributed by atoms with Gasteiger partial charge in [0.15, 0.2) is 5.88 Å². The predicted molar refractivity (Wildman–Crippen MR) is 61.1 cm³/mol. The minimum atomic E-state index is -0.207. The van der Waals surface area contributed by atoms with Crippen LogP contribution in [0.2, 0.25) is 0 Å². The van der Waals surface area contributed by atoms with E-state index in [2.05, 4.69) is 11.5 Å². The monoisotopic (exact) mass is 227 g/mol. The Kier molecular flexibility index (Phi) is 2.88. The van der Waals surface area contributed by atoms with E-state index in [-0.39, 0.29) is 11.2 Å². The second-order valence-corrected chi connectivity index (χ2v) is 5.55. The minimum absolute atomic E-state index is 0.0965. The van der Waals surface area contributed by atoms with Crippen LogP contribution in [0.4, 0.5) is 0 Å². The average molecular weight is 227 g/mol. The minimum Gasteiger partial charge on any atom is -0.474 e. The quantitative estimate of drug-likeness (QED) is 0.527. The van der Waals surface area contributed by atoms with E-state index < -0.39 is 0 Å². The lowest BCUT2D eigenvalue weighted by molar-refractivity contribution is -0.000194. The fraction of sp³-hybridized carbons (Fsp3) is 0.833. The molecule has 4 heteroatoms. The number of nitrogens with zero attached hydrogens (tertiary/aromatic N) is 1. The molecule has 0 bridgehead atoms. The molecule has 2 aliphatic heterocycles. The summed E-state index contributed by atoms with van der Waals surface area (Å²) in [6.45, 7) is 13.9. The summed E-state index contributed by atoms with van der Waals surface area (Å²) in [6.07, 6.45) is 0. The van der Waals surface area contributed by atoms with Crippen molar-refractivity contribution < 1.29 is 14.2 Å². The van der Waals surface area contributed by atoms with Gasteiger partial charge in [0.25, 0.3) is 0 Å². The number of epoxide rings is 1. The summed E-state index contributed by atoms with van der Waals surface area (Å²) in [5.41, 5.74) is -0.303. The first-order valence-corrected chi connectivity index (χ1v) is 5.75. The molecule has 0 N–H and O–H groups in total. The van der Waals surface area contributed by atoms with Crippen LogP contribution in [0, 0.1) is 0 Å². The molecule has 16 heavy (non-hydrogen) atoms. The van der Waals surface area contributed by atoms with Crippen LogP contribution in [-0.4, -0.2) is 49.0 Å². The van der Waals surface area contributed by atoms with E-state index in [0.29, 0.717) is 19.1 Å². The Morgan fingerprint density at radius 2 is 2.06 bits per heavy atom. The number of hydrogen-bond donors (Lipinski definition) is 0. The number of rotatable bonds is 2. The third-order valence-corrected chi connectivity index (χ3v) is 2.68. The zero-order valence-corrected chi connectivity index (χ0v) is 10.4. The summed E-state index contributed by atoms with van der Waals surface area (Å²) in [4.78, 5) is 2.12. The Labute approximate surface area is 97.2 Å². The Balaban J connectivity index is 1.94. The Hall–Kier alpha value is -0.740. The highest BCUT2D eigenvalue weighted by Gasteiger charge is 2.48. The molecular formula is C12H21NO3. The molecule has 0 radical (unpaired) electrons.